The van der Waals surface area contributed by atoms with Crippen molar-refractivity contribution in [2.45, 2.75) is 0 Å². The lowest BCUT2D eigenvalue weighted by atomic mass is 10.3. The van der Waals surface area contributed by atoms with Crippen LogP contribution in [-0.4, -0.2) is 20.1 Å². The summed E-state index contributed by atoms with van der Waals surface area (Å²) in [7, 11) is 0. The normalized spacial score (nSPS) is 10.2. The van der Waals surface area contributed by atoms with Crippen LogP contribution in [0, 0.1) is 0 Å². The topological polar surface area (TPSA) is 50.9 Å². The molecule has 0 fully saturated rings. The molecule has 0 atom stereocenters. The predicted molar refractivity (Wildman–Crippen MR) is 50.7 cm³/mol. The van der Waals surface area contributed by atoms with Crippen molar-refractivity contribution in [3.8, 4) is 11.4 Å². The van der Waals surface area contributed by atoms with Gasteiger partial charge in [-0.05, 0) is 40.2 Å². The van der Waals surface area contributed by atoms with Crippen molar-refractivity contribution in [3.63, 3.8) is 0 Å². The van der Waals surface area contributed by atoms with Gasteiger partial charge < -0.3 is 5.11 Å². The number of rotatable bonds is 1. The molecule has 2 aromatic rings. The van der Waals surface area contributed by atoms with Gasteiger partial charge in [0.05, 0.1) is 11.9 Å². The Hall–Kier alpha value is -1.36. The van der Waals surface area contributed by atoms with E-state index in [0.29, 0.717) is 0 Å². The summed E-state index contributed by atoms with van der Waals surface area (Å²) in [5, 5.41) is 16.6. The number of aromatic nitrogens is 3. The molecule has 0 amide bonds. The number of hydrogen-bond acceptors (Lipinski definition) is 3. The minimum absolute atomic E-state index is 0.236. The third-order valence-electron chi connectivity index (χ3n) is 1.60. The lowest BCUT2D eigenvalue weighted by Gasteiger charge is -2.00. The third kappa shape index (κ3) is 1.55. The van der Waals surface area contributed by atoms with Crippen LogP contribution >= 0.6 is 15.9 Å². The summed E-state index contributed by atoms with van der Waals surface area (Å²) in [5.41, 5.74) is 0.849. The molecule has 0 saturated heterocycles. The van der Waals surface area contributed by atoms with E-state index in [1.54, 1.807) is 35.1 Å². The first-order valence-electron chi connectivity index (χ1n) is 3.63. The Morgan fingerprint density at radius 3 is 2.46 bits per heavy atom. The van der Waals surface area contributed by atoms with Crippen molar-refractivity contribution in [3.05, 3.63) is 35.1 Å². The summed E-state index contributed by atoms with van der Waals surface area (Å²) >= 11 is 3.30. The van der Waals surface area contributed by atoms with Gasteiger partial charge in [-0.25, -0.2) is 4.68 Å². The number of nitrogens with zero attached hydrogens (tertiary/aromatic N) is 3. The van der Waals surface area contributed by atoms with E-state index in [-0.39, 0.29) is 5.75 Å². The van der Waals surface area contributed by atoms with Gasteiger partial charge in [0.1, 0.15) is 10.4 Å². The van der Waals surface area contributed by atoms with Crippen LogP contribution in [0.4, 0.5) is 0 Å². The Morgan fingerprint density at radius 2 is 1.92 bits per heavy atom. The number of phenols is 1. The fraction of sp³-hybridized carbons (Fsp3) is 0. The maximum Gasteiger partial charge on any atom is 0.130 e. The maximum absolute atomic E-state index is 9.07. The second kappa shape index (κ2) is 3.18. The summed E-state index contributed by atoms with van der Waals surface area (Å²) < 4.78 is 2.40. The van der Waals surface area contributed by atoms with Gasteiger partial charge in [-0.15, -0.1) is 5.10 Å². The van der Waals surface area contributed by atoms with Crippen LogP contribution in [0.5, 0.6) is 5.75 Å². The van der Waals surface area contributed by atoms with E-state index in [0.717, 1.165) is 10.3 Å². The van der Waals surface area contributed by atoms with E-state index in [9.17, 15) is 0 Å². The van der Waals surface area contributed by atoms with Gasteiger partial charge >= 0.3 is 0 Å². The van der Waals surface area contributed by atoms with E-state index in [2.05, 4.69) is 26.2 Å². The molecule has 0 aliphatic carbocycles. The van der Waals surface area contributed by atoms with E-state index in [1.807, 2.05) is 0 Å². The van der Waals surface area contributed by atoms with Crippen molar-refractivity contribution in [1.29, 1.82) is 0 Å². The Kier molecular flexibility index (Phi) is 2.02. The lowest BCUT2D eigenvalue weighted by Crippen LogP contribution is -1.95. The van der Waals surface area contributed by atoms with E-state index < -0.39 is 0 Å². The van der Waals surface area contributed by atoms with Gasteiger partial charge in [0.2, 0.25) is 0 Å². The van der Waals surface area contributed by atoms with Gasteiger partial charge in [0, 0.05) is 0 Å². The summed E-state index contributed by atoms with van der Waals surface area (Å²) in [6.07, 6.45) is 1.60. The monoisotopic (exact) mass is 239 g/mol. The first-order valence-corrected chi connectivity index (χ1v) is 4.42. The van der Waals surface area contributed by atoms with Crippen molar-refractivity contribution >= 4 is 15.9 Å². The second-order valence-corrected chi connectivity index (χ2v) is 3.30. The molecule has 0 aliphatic rings. The lowest BCUT2D eigenvalue weighted by molar-refractivity contribution is 0.475. The van der Waals surface area contributed by atoms with Crippen molar-refractivity contribution in [1.82, 2.24) is 15.0 Å². The molecular weight excluding hydrogens is 234 g/mol. The molecule has 1 aromatic carbocycles. The van der Waals surface area contributed by atoms with Crippen LogP contribution in [0.1, 0.15) is 0 Å². The van der Waals surface area contributed by atoms with Crippen LogP contribution in [0.25, 0.3) is 5.69 Å². The van der Waals surface area contributed by atoms with E-state index in [4.69, 9.17) is 5.11 Å². The minimum Gasteiger partial charge on any atom is -0.508 e. The zero-order valence-electron chi connectivity index (χ0n) is 6.55. The highest BCUT2D eigenvalue weighted by atomic mass is 79.9. The quantitative estimate of drug-likeness (QED) is 0.825. The number of phenolic OH excluding ortho intramolecular Hbond substituents is 1. The highest BCUT2D eigenvalue weighted by Crippen LogP contribution is 2.16. The molecule has 1 aromatic heterocycles. The molecule has 0 aliphatic heterocycles. The Bertz CT molecular complexity index is 410. The molecule has 4 nitrogen and oxygen atoms in total. The number of halogens is 1. The van der Waals surface area contributed by atoms with Crippen LogP contribution < -0.4 is 0 Å². The Morgan fingerprint density at radius 1 is 1.23 bits per heavy atom. The molecule has 1 heterocycles. The maximum atomic E-state index is 9.07. The van der Waals surface area contributed by atoms with Crippen LogP contribution in [-0.2, 0) is 0 Å². The number of aromatic hydroxyl groups is 1. The molecule has 66 valence electrons. The highest BCUT2D eigenvalue weighted by molar-refractivity contribution is 9.10. The van der Waals surface area contributed by atoms with Crippen molar-refractivity contribution < 1.29 is 5.11 Å². The molecular formula is C8H6BrN3O. The second-order valence-electron chi connectivity index (χ2n) is 2.48. The van der Waals surface area contributed by atoms with Gasteiger partial charge in [-0.1, -0.05) is 5.21 Å². The summed E-state index contributed by atoms with van der Waals surface area (Å²) in [6.45, 7) is 0. The number of benzene rings is 1. The largest absolute Gasteiger partial charge is 0.508 e. The van der Waals surface area contributed by atoms with Crippen LogP contribution in [0.3, 0.4) is 0 Å². The van der Waals surface area contributed by atoms with Crippen LogP contribution in [0.15, 0.2) is 35.1 Å². The average Bonchev–Trinajstić information content (AvgIpc) is 2.53. The number of hydrogen-bond donors (Lipinski definition) is 1. The van der Waals surface area contributed by atoms with Gasteiger partial charge in [0.15, 0.2) is 0 Å². The Labute approximate surface area is 82.9 Å². The molecule has 2 rings (SSSR count). The smallest absolute Gasteiger partial charge is 0.130 e. The molecule has 5 heteroatoms. The fourth-order valence-corrected chi connectivity index (χ4v) is 1.36. The standard InChI is InChI=1S/C8H6BrN3O/c9-8-5-10-11-12(8)6-1-3-7(13)4-2-6/h1-5,13H. The van der Waals surface area contributed by atoms with Gasteiger partial charge in [-0.2, -0.15) is 0 Å². The van der Waals surface area contributed by atoms with Crippen molar-refractivity contribution in [2.75, 3.05) is 0 Å². The molecule has 0 spiro atoms. The Balaban J connectivity index is 2.47. The molecule has 0 radical (unpaired) electrons. The predicted octanol–water partition coefficient (Wildman–Crippen LogP) is 1.74. The SMILES string of the molecule is Oc1ccc(-n2nncc2Br)cc1. The average molecular weight is 240 g/mol. The zero-order valence-corrected chi connectivity index (χ0v) is 8.14. The van der Waals surface area contributed by atoms with Gasteiger partial charge in [0.25, 0.3) is 0 Å². The fourth-order valence-electron chi connectivity index (χ4n) is 0.991. The van der Waals surface area contributed by atoms with E-state index in [1.165, 1.54) is 0 Å². The molecule has 0 bridgehead atoms. The van der Waals surface area contributed by atoms with Gasteiger partial charge in [-0.3, -0.25) is 0 Å². The van der Waals surface area contributed by atoms with Crippen molar-refractivity contribution in [2.24, 2.45) is 0 Å². The first-order chi connectivity index (χ1) is 6.27. The summed E-state index contributed by atoms with van der Waals surface area (Å²) in [4.78, 5) is 0. The summed E-state index contributed by atoms with van der Waals surface area (Å²) in [5.74, 6) is 0.236. The first kappa shape index (κ1) is 8.25. The van der Waals surface area contributed by atoms with Crippen LogP contribution in [0.2, 0.25) is 0 Å². The molecule has 13 heavy (non-hydrogen) atoms. The van der Waals surface area contributed by atoms with E-state index >= 15 is 0 Å². The zero-order chi connectivity index (χ0) is 9.26. The molecule has 0 unspecified atom stereocenters. The minimum atomic E-state index is 0.236. The highest BCUT2D eigenvalue weighted by Gasteiger charge is 2.01. The molecule has 0 saturated carbocycles. The summed E-state index contributed by atoms with van der Waals surface area (Å²) in [6, 6.07) is 6.72. The molecule has 1 N–H and O–H groups in total. The third-order valence-corrected chi connectivity index (χ3v) is 2.14.